The van der Waals surface area contributed by atoms with Gasteiger partial charge in [0.2, 0.25) is 5.91 Å². The van der Waals surface area contributed by atoms with E-state index < -0.39 is 0 Å². The lowest BCUT2D eigenvalue weighted by molar-refractivity contribution is -0.130. The van der Waals surface area contributed by atoms with Gasteiger partial charge in [-0.05, 0) is 12.8 Å². The molecule has 3 nitrogen and oxygen atoms in total. The Kier molecular flexibility index (Phi) is 2.88. The number of hydrogen-bond donors (Lipinski definition) is 0. The van der Waals surface area contributed by atoms with Crippen molar-refractivity contribution in [1.82, 2.24) is 4.90 Å². The Hall–Kier alpha value is -0.570. The predicted octanol–water partition coefficient (Wildman–Crippen LogP) is 0.644. The van der Waals surface area contributed by atoms with Crippen molar-refractivity contribution in [2.75, 3.05) is 20.3 Å². The second-order valence-corrected chi connectivity index (χ2v) is 2.94. The number of amides is 1. The predicted molar refractivity (Wildman–Crippen MR) is 42.3 cm³/mol. The molecule has 0 N–H and O–H groups in total. The number of carbonyl (C=O) groups excluding carboxylic acids is 1. The minimum absolute atomic E-state index is 0.171. The van der Waals surface area contributed by atoms with Crippen molar-refractivity contribution in [2.24, 2.45) is 0 Å². The van der Waals surface area contributed by atoms with E-state index in [1.165, 1.54) is 12.8 Å². The summed E-state index contributed by atoms with van der Waals surface area (Å²) < 4.78 is 4.91. The zero-order valence-corrected chi connectivity index (χ0v) is 7.17. The van der Waals surface area contributed by atoms with E-state index >= 15 is 0 Å². The van der Waals surface area contributed by atoms with Crippen LogP contribution in [0.2, 0.25) is 0 Å². The van der Waals surface area contributed by atoms with E-state index in [0.29, 0.717) is 12.6 Å². The fourth-order valence-corrected chi connectivity index (χ4v) is 1.17. The van der Waals surface area contributed by atoms with Crippen LogP contribution in [0.15, 0.2) is 0 Å². The molecule has 1 amide bonds. The first-order valence-electron chi connectivity index (χ1n) is 4.02. The molecular formula is C8H15NO2. The van der Waals surface area contributed by atoms with E-state index in [2.05, 4.69) is 0 Å². The first-order chi connectivity index (χ1) is 5.25. The molecule has 11 heavy (non-hydrogen) atoms. The number of nitrogens with zero attached hydrogens (tertiary/aromatic N) is 1. The minimum atomic E-state index is 0.171. The van der Waals surface area contributed by atoms with Crippen LogP contribution in [0.25, 0.3) is 0 Å². The van der Waals surface area contributed by atoms with Crippen molar-refractivity contribution in [1.29, 1.82) is 0 Å². The molecular weight excluding hydrogens is 142 g/mol. The van der Waals surface area contributed by atoms with E-state index in [9.17, 15) is 4.79 Å². The molecule has 0 spiro atoms. The molecule has 1 saturated carbocycles. The lowest BCUT2D eigenvalue weighted by atomic mass is 10.4. The van der Waals surface area contributed by atoms with Gasteiger partial charge in [0.15, 0.2) is 0 Å². The Morgan fingerprint density at radius 3 is 2.64 bits per heavy atom. The van der Waals surface area contributed by atoms with E-state index in [1.54, 1.807) is 14.0 Å². The number of carbonyl (C=O) groups is 1. The monoisotopic (exact) mass is 157 g/mol. The van der Waals surface area contributed by atoms with Crippen molar-refractivity contribution < 1.29 is 9.53 Å². The van der Waals surface area contributed by atoms with Gasteiger partial charge in [0.25, 0.3) is 0 Å². The van der Waals surface area contributed by atoms with Crippen molar-refractivity contribution >= 4 is 5.91 Å². The Morgan fingerprint density at radius 1 is 1.64 bits per heavy atom. The Labute approximate surface area is 67.3 Å². The molecule has 1 aliphatic rings. The van der Waals surface area contributed by atoms with E-state index in [0.717, 1.165) is 6.54 Å². The molecule has 3 heteroatoms. The van der Waals surface area contributed by atoms with Crippen molar-refractivity contribution in [3.8, 4) is 0 Å². The lowest BCUT2D eigenvalue weighted by Gasteiger charge is -2.19. The molecule has 0 saturated heterocycles. The molecule has 0 bridgehead atoms. The van der Waals surface area contributed by atoms with E-state index in [4.69, 9.17) is 4.74 Å². The number of rotatable bonds is 4. The van der Waals surface area contributed by atoms with Gasteiger partial charge in [-0.15, -0.1) is 0 Å². The quantitative estimate of drug-likeness (QED) is 0.599. The molecule has 1 fully saturated rings. The highest BCUT2D eigenvalue weighted by Crippen LogP contribution is 2.26. The van der Waals surface area contributed by atoms with Crippen LogP contribution in [0.4, 0.5) is 0 Å². The summed E-state index contributed by atoms with van der Waals surface area (Å²) in [6.45, 7) is 3.01. The second-order valence-electron chi connectivity index (χ2n) is 2.94. The van der Waals surface area contributed by atoms with Crippen LogP contribution in [-0.4, -0.2) is 37.1 Å². The van der Waals surface area contributed by atoms with Crippen LogP contribution in [0.1, 0.15) is 19.8 Å². The summed E-state index contributed by atoms with van der Waals surface area (Å²) in [7, 11) is 1.66. The van der Waals surface area contributed by atoms with E-state index in [1.807, 2.05) is 4.90 Å². The summed E-state index contributed by atoms with van der Waals surface area (Å²) in [6.07, 6.45) is 2.34. The highest BCUT2D eigenvalue weighted by atomic mass is 16.5. The average molecular weight is 157 g/mol. The number of methoxy groups -OCH3 is 1. The normalized spacial score (nSPS) is 16.5. The van der Waals surface area contributed by atoms with Crippen LogP contribution in [0.5, 0.6) is 0 Å². The van der Waals surface area contributed by atoms with Gasteiger partial charge in [-0.1, -0.05) is 0 Å². The first kappa shape index (κ1) is 8.53. The Balaban J connectivity index is 2.26. The van der Waals surface area contributed by atoms with Gasteiger partial charge in [0.05, 0.1) is 6.61 Å². The molecule has 64 valence electrons. The summed E-state index contributed by atoms with van der Waals surface area (Å²) in [5.41, 5.74) is 0. The van der Waals surface area contributed by atoms with Crippen LogP contribution in [-0.2, 0) is 9.53 Å². The molecule has 0 atom stereocenters. The maximum Gasteiger partial charge on any atom is 0.219 e. The summed E-state index contributed by atoms with van der Waals surface area (Å²) in [5.74, 6) is 0.171. The largest absolute Gasteiger partial charge is 0.383 e. The SMILES string of the molecule is COCCN(C(C)=O)C1CC1. The van der Waals surface area contributed by atoms with Gasteiger partial charge in [-0.25, -0.2) is 0 Å². The third-order valence-corrected chi connectivity index (χ3v) is 1.93. The smallest absolute Gasteiger partial charge is 0.219 e. The third-order valence-electron chi connectivity index (χ3n) is 1.93. The molecule has 1 aliphatic carbocycles. The summed E-state index contributed by atoms with van der Waals surface area (Å²) in [4.78, 5) is 12.9. The lowest BCUT2D eigenvalue weighted by Crippen LogP contribution is -2.33. The first-order valence-corrected chi connectivity index (χ1v) is 4.02. The van der Waals surface area contributed by atoms with Gasteiger partial charge >= 0.3 is 0 Å². The highest BCUT2D eigenvalue weighted by Gasteiger charge is 2.30. The standard InChI is InChI=1S/C8H15NO2/c1-7(10)9(5-6-11-2)8-3-4-8/h8H,3-6H2,1-2H3. The summed E-state index contributed by atoms with van der Waals surface area (Å²) >= 11 is 0. The summed E-state index contributed by atoms with van der Waals surface area (Å²) in [5, 5.41) is 0. The number of hydrogen-bond acceptors (Lipinski definition) is 2. The van der Waals surface area contributed by atoms with Crippen LogP contribution in [0.3, 0.4) is 0 Å². The van der Waals surface area contributed by atoms with Crippen molar-refractivity contribution in [3.05, 3.63) is 0 Å². The van der Waals surface area contributed by atoms with E-state index in [-0.39, 0.29) is 5.91 Å². The van der Waals surface area contributed by atoms with Crippen LogP contribution < -0.4 is 0 Å². The average Bonchev–Trinajstić information content (AvgIpc) is 2.71. The van der Waals surface area contributed by atoms with Gasteiger partial charge < -0.3 is 9.64 Å². The second kappa shape index (κ2) is 3.72. The fourth-order valence-electron chi connectivity index (χ4n) is 1.17. The van der Waals surface area contributed by atoms with Crippen molar-refractivity contribution in [3.63, 3.8) is 0 Å². The minimum Gasteiger partial charge on any atom is -0.383 e. The zero-order chi connectivity index (χ0) is 8.27. The van der Waals surface area contributed by atoms with Gasteiger partial charge in [0.1, 0.15) is 0 Å². The molecule has 0 heterocycles. The fraction of sp³-hybridized carbons (Fsp3) is 0.875. The molecule has 0 aromatic carbocycles. The molecule has 0 aromatic rings. The highest BCUT2D eigenvalue weighted by molar-refractivity contribution is 5.73. The number of ether oxygens (including phenoxy) is 1. The van der Waals surface area contributed by atoms with Crippen molar-refractivity contribution in [2.45, 2.75) is 25.8 Å². The van der Waals surface area contributed by atoms with Gasteiger partial charge in [-0.2, -0.15) is 0 Å². The van der Waals surface area contributed by atoms with Crippen LogP contribution in [0, 0.1) is 0 Å². The van der Waals surface area contributed by atoms with Gasteiger partial charge in [0, 0.05) is 26.6 Å². The van der Waals surface area contributed by atoms with Gasteiger partial charge in [-0.3, -0.25) is 4.79 Å². The molecule has 0 aliphatic heterocycles. The molecule has 0 unspecified atom stereocenters. The zero-order valence-electron chi connectivity index (χ0n) is 7.17. The van der Waals surface area contributed by atoms with Crippen LogP contribution >= 0.6 is 0 Å². The maximum atomic E-state index is 11.0. The summed E-state index contributed by atoms with van der Waals surface area (Å²) in [6, 6.07) is 0.516. The topological polar surface area (TPSA) is 29.5 Å². The molecule has 0 radical (unpaired) electrons. The molecule has 0 aromatic heterocycles. The third kappa shape index (κ3) is 2.50. The maximum absolute atomic E-state index is 11.0. The Morgan fingerprint density at radius 2 is 2.27 bits per heavy atom. The molecule has 1 rings (SSSR count). The Bertz CT molecular complexity index is 143.